The summed E-state index contributed by atoms with van der Waals surface area (Å²) in [5.74, 6) is -0.515. The van der Waals surface area contributed by atoms with Gasteiger partial charge in [-0.05, 0) is 5.56 Å². The number of nitrogens with one attached hydrogen (secondary N) is 1. The Morgan fingerprint density at radius 2 is 1.89 bits per heavy atom. The van der Waals surface area contributed by atoms with Crippen LogP contribution in [-0.2, 0) is 14.3 Å². The van der Waals surface area contributed by atoms with Gasteiger partial charge in [0.1, 0.15) is 6.61 Å². The lowest BCUT2D eigenvalue weighted by Crippen LogP contribution is -2.34. The summed E-state index contributed by atoms with van der Waals surface area (Å²) in [6.45, 7) is 5.15. The minimum atomic E-state index is -0.352. The van der Waals surface area contributed by atoms with E-state index in [1.807, 2.05) is 44.2 Å². The van der Waals surface area contributed by atoms with Crippen molar-refractivity contribution in [3.05, 3.63) is 35.9 Å². The molecule has 0 heterocycles. The minimum Gasteiger partial charge on any atom is -0.463 e. The van der Waals surface area contributed by atoms with E-state index in [1.165, 1.54) is 6.92 Å². The highest BCUT2D eigenvalue weighted by Crippen LogP contribution is 2.14. The first-order valence-electron chi connectivity index (χ1n) is 5.99. The molecule has 1 N–H and O–H groups in total. The van der Waals surface area contributed by atoms with Gasteiger partial charge in [0.05, 0.1) is 6.04 Å². The quantitative estimate of drug-likeness (QED) is 0.817. The first-order chi connectivity index (χ1) is 8.50. The predicted molar refractivity (Wildman–Crippen MR) is 70.9 cm³/mol. The lowest BCUT2D eigenvalue weighted by molar-refractivity contribution is -0.142. The average molecular weight is 251 g/mol. The minimum absolute atomic E-state index is 0. The Kier molecular flexibility index (Phi) is 5.36. The second-order valence-corrected chi connectivity index (χ2v) is 4.43. The first kappa shape index (κ1) is 14.2. The van der Waals surface area contributed by atoms with Crippen LogP contribution in [0.25, 0.3) is 0 Å². The Morgan fingerprint density at radius 1 is 1.28 bits per heavy atom. The molecule has 1 aromatic rings. The highest BCUT2D eigenvalue weighted by atomic mass is 16.5. The number of hydrogen-bond acceptors (Lipinski definition) is 3. The molecular weight excluding hydrogens is 230 g/mol. The highest BCUT2D eigenvalue weighted by Gasteiger charge is 2.17. The maximum Gasteiger partial charge on any atom is 0.302 e. The molecule has 1 aromatic carbocycles. The second-order valence-electron chi connectivity index (χ2n) is 4.43. The van der Waals surface area contributed by atoms with Gasteiger partial charge in [-0.15, -0.1) is 0 Å². The lowest BCUT2D eigenvalue weighted by atomic mass is 10.1. The standard InChI is InChI=1S/C14H19NO3.H2/c1-10(2)14(17)15-13(9-18-11(3)16)12-7-5-4-6-8-12;/h4-8,10,13H,9H2,1-3H3,(H,15,17);1H/t13-;/m0./s1. The molecule has 0 aromatic heterocycles. The molecule has 0 fully saturated rings. The molecule has 0 aliphatic carbocycles. The molecule has 0 spiro atoms. The summed E-state index contributed by atoms with van der Waals surface area (Å²) >= 11 is 0. The van der Waals surface area contributed by atoms with Crippen molar-refractivity contribution < 1.29 is 15.8 Å². The van der Waals surface area contributed by atoms with E-state index in [0.717, 1.165) is 5.56 Å². The molecule has 0 aliphatic heterocycles. The Hall–Kier alpha value is -1.84. The van der Waals surface area contributed by atoms with Gasteiger partial charge in [-0.25, -0.2) is 0 Å². The van der Waals surface area contributed by atoms with E-state index in [0.29, 0.717) is 0 Å². The fraction of sp³-hybridized carbons (Fsp3) is 0.429. The zero-order valence-corrected chi connectivity index (χ0v) is 11.0. The Labute approximate surface area is 109 Å². The van der Waals surface area contributed by atoms with Crippen LogP contribution in [0.15, 0.2) is 30.3 Å². The Balaban J connectivity index is 0.00000324. The summed E-state index contributed by atoms with van der Waals surface area (Å²) in [7, 11) is 0. The fourth-order valence-corrected chi connectivity index (χ4v) is 1.45. The summed E-state index contributed by atoms with van der Waals surface area (Å²) in [5, 5.41) is 2.87. The van der Waals surface area contributed by atoms with Crippen LogP contribution in [0.5, 0.6) is 0 Å². The van der Waals surface area contributed by atoms with Crippen molar-refractivity contribution in [2.24, 2.45) is 5.92 Å². The number of ether oxygens (including phenoxy) is 1. The number of carbonyl (C=O) groups is 2. The van der Waals surface area contributed by atoms with E-state index in [9.17, 15) is 9.59 Å². The van der Waals surface area contributed by atoms with Gasteiger partial charge in [-0.1, -0.05) is 44.2 Å². The van der Waals surface area contributed by atoms with Gasteiger partial charge in [0, 0.05) is 14.3 Å². The first-order valence-corrected chi connectivity index (χ1v) is 5.99. The number of amides is 1. The smallest absolute Gasteiger partial charge is 0.302 e. The normalized spacial score (nSPS) is 12.0. The van der Waals surface area contributed by atoms with Crippen molar-refractivity contribution >= 4 is 11.9 Å². The summed E-state index contributed by atoms with van der Waals surface area (Å²) in [6, 6.07) is 9.17. The molecule has 1 rings (SSSR count). The molecule has 0 unspecified atom stereocenters. The lowest BCUT2D eigenvalue weighted by Gasteiger charge is -2.20. The van der Waals surface area contributed by atoms with Crippen molar-refractivity contribution in [2.75, 3.05) is 6.61 Å². The summed E-state index contributed by atoms with van der Waals surface area (Å²) in [5.41, 5.74) is 0.924. The van der Waals surface area contributed by atoms with Crippen LogP contribution in [0, 0.1) is 5.92 Å². The molecule has 0 bridgehead atoms. The van der Waals surface area contributed by atoms with E-state index < -0.39 is 0 Å². The van der Waals surface area contributed by atoms with Crippen molar-refractivity contribution in [3.8, 4) is 0 Å². The van der Waals surface area contributed by atoms with Crippen molar-refractivity contribution in [3.63, 3.8) is 0 Å². The van der Waals surface area contributed by atoms with Crippen LogP contribution in [0.1, 0.15) is 33.8 Å². The van der Waals surface area contributed by atoms with Crippen LogP contribution in [0.3, 0.4) is 0 Å². The summed E-state index contributed by atoms with van der Waals surface area (Å²) in [6.07, 6.45) is 0. The fourth-order valence-electron chi connectivity index (χ4n) is 1.45. The molecule has 0 aliphatic rings. The van der Waals surface area contributed by atoms with Gasteiger partial charge in [-0.3, -0.25) is 9.59 Å². The number of hydrogen-bond donors (Lipinski definition) is 1. The monoisotopic (exact) mass is 251 g/mol. The van der Waals surface area contributed by atoms with E-state index >= 15 is 0 Å². The van der Waals surface area contributed by atoms with Crippen LogP contribution in [0.2, 0.25) is 0 Å². The highest BCUT2D eigenvalue weighted by molar-refractivity contribution is 5.78. The van der Waals surface area contributed by atoms with E-state index in [-0.39, 0.29) is 31.9 Å². The molecule has 1 amide bonds. The van der Waals surface area contributed by atoms with Gasteiger partial charge in [-0.2, -0.15) is 0 Å². The molecule has 4 heteroatoms. The van der Waals surface area contributed by atoms with Crippen LogP contribution < -0.4 is 5.32 Å². The third kappa shape index (κ3) is 4.57. The number of esters is 1. The maximum atomic E-state index is 11.7. The maximum absolute atomic E-state index is 11.7. The summed E-state index contributed by atoms with van der Waals surface area (Å²) in [4.78, 5) is 22.6. The van der Waals surface area contributed by atoms with Crippen molar-refractivity contribution in [2.45, 2.75) is 26.8 Å². The topological polar surface area (TPSA) is 55.4 Å². The number of benzene rings is 1. The van der Waals surface area contributed by atoms with Gasteiger partial charge in [0.2, 0.25) is 5.91 Å². The zero-order valence-electron chi connectivity index (χ0n) is 11.0. The Bertz CT molecular complexity index is 406. The van der Waals surface area contributed by atoms with Gasteiger partial charge in [0.15, 0.2) is 0 Å². The molecule has 0 radical (unpaired) electrons. The number of rotatable bonds is 5. The predicted octanol–water partition coefficient (Wildman–Crippen LogP) is 2.31. The van der Waals surface area contributed by atoms with Crippen molar-refractivity contribution in [1.29, 1.82) is 0 Å². The largest absolute Gasteiger partial charge is 0.463 e. The summed E-state index contributed by atoms with van der Waals surface area (Å²) < 4.78 is 4.99. The molecule has 0 saturated heterocycles. The molecule has 100 valence electrons. The number of carbonyl (C=O) groups excluding carboxylic acids is 2. The molecule has 1 atom stereocenters. The molecule has 18 heavy (non-hydrogen) atoms. The molecule has 4 nitrogen and oxygen atoms in total. The molecular formula is C14H21NO3. The van der Waals surface area contributed by atoms with Crippen molar-refractivity contribution in [1.82, 2.24) is 5.32 Å². The Morgan fingerprint density at radius 3 is 2.39 bits per heavy atom. The van der Waals surface area contributed by atoms with Gasteiger partial charge in [0.25, 0.3) is 0 Å². The van der Waals surface area contributed by atoms with E-state index in [1.54, 1.807) is 0 Å². The van der Waals surface area contributed by atoms with Gasteiger partial charge >= 0.3 is 5.97 Å². The molecule has 0 saturated carbocycles. The van der Waals surface area contributed by atoms with E-state index in [2.05, 4.69) is 5.32 Å². The SMILES string of the molecule is CC(=O)OC[C@H](NC(=O)C(C)C)c1ccccc1.[HH]. The third-order valence-electron chi connectivity index (χ3n) is 2.50. The third-order valence-corrected chi connectivity index (χ3v) is 2.50. The van der Waals surface area contributed by atoms with E-state index in [4.69, 9.17) is 4.74 Å². The van der Waals surface area contributed by atoms with Crippen LogP contribution in [-0.4, -0.2) is 18.5 Å². The van der Waals surface area contributed by atoms with Crippen LogP contribution >= 0.6 is 0 Å². The van der Waals surface area contributed by atoms with Gasteiger partial charge < -0.3 is 10.1 Å². The van der Waals surface area contributed by atoms with Crippen LogP contribution in [0.4, 0.5) is 0 Å². The average Bonchev–Trinajstić information content (AvgIpc) is 2.34. The zero-order chi connectivity index (χ0) is 13.5. The second kappa shape index (κ2) is 6.79.